The minimum atomic E-state index is -0.816. The molecular formula is C11H13ClN2O3. The molecule has 1 aromatic rings. The van der Waals surface area contributed by atoms with Crippen molar-refractivity contribution in [3.05, 3.63) is 23.0 Å². The monoisotopic (exact) mass is 256 g/mol. The summed E-state index contributed by atoms with van der Waals surface area (Å²) in [5.74, 6) is -0.836. The lowest BCUT2D eigenvalue weighted by Gasteiger charge is -2.38. The maximum Gasteiger partial charge on any atom is 0.303 e. The third kappa shape index (κ3) is 2.44. The van der Waals surface area contributed by atoms with Crippen molar-refractivity contribution >= 4 is 23.5 Å². The van der Waals surface area contributed by atoms with Crippen LogP contribution >= 0.6 is 11.6 Å². The van der Waals surface area contributed by atoms with Crippen LogP contribution in [0.1, 0.15) is 16.9 Å². The summed E-state index contributed by atoms with van der Waals surface area (Å²) in [4.78, 5) is 24.1. The Morgan fingerprint density at radius 2 is 2.18 bits per heavy atom. The van der Waals surface area contributed by atoms with Gasteiger partial charge in [0.25, 0.3) is 5.91 Å². The van der Waals surface area contributed by atoms with E-state index >= 15 is 0 Å². The van der Waals surface area contributed by atoms with Gasteiger partial charge in [0, 0.05) is 32.3 Å². The van der Waals surface area contributed by atoms with E-state index in [0.29, 0.717) is 23.8 Å². The molecule has 2 rings (SSSR count). The maximum absolute atomic E-state index is 12.0. The van der Waals surface area contributed by atoms with Gasteiger partial charge in [-0.1, -0.05) is 11.6 Å². The molecule has 1 aliphatic rings. The van der Waals surface area contributed by atoms with Crippen molar-refractivity contribution < 1.29 is 14.7 Å². The summed E-state index contributed by atoms with van der Waals surface area (Å²) < 4.78 is 1.68. The number of carbonyl (C=O) groups is 2. The Kier molecular flexibility index (Phi) is 3.11. The van der Waals surface area contributed by atoms with Crippen LogP contribution in [0.25, 0.3) is 0 Å². The van der Waals surface area contributed by atoms with Crippen LogP contribution in [0.4, 0.5) is 0 Å². The van der Waals surface area contributed by atoms with Gasteiger partial charge in [-0.3, -0.25) is 9.59 Å². The van der Waals surface area contributed by atoms with Gasteiger partial charge < -0.3 is 14.6 Å². The first kappa shape index (κ1) is 12.0. The fourth-order valence-electron chi connectivity index (χ4n) is 2.01. The van der Waals surface area contributed by atoms with E-state index in [1.165, 1.54) is 0 Å². The predicted molar refractivity (Wildman–Crippen MR) is 62.1 cm³/mol. The number of carboxylic acid groups (broad SMARTS) is 1. The average Bonchev–Trinajstić information content (AvgIpc) is 2.49. The third-order valence-electron chi connectivity index (χ3n) is 2.90. The number of aromatic nitrogens is 1. The van der Waals surface area contributed by atoms with Gasteiger partial charge in [-0.2, -0.15) is 0 Å². The molecule has 2 heterocycles. The van der Waals surface area contributed by atoms with Crippen molar-refractivity contribution in [2.75, 3.05) is 13.1 Å². The molecule has 1 N–H and O–H groups in total. The second-order valence-electron chi connectivity index (χ2n) is 4.33. The molecule has 5 nitrogen and oxygen atoms in total. The van der Waals surface area contributed by atoms with Crippen molar-refractivity contribution in [3.63, 3.8) is 0 Å². The summed E-state index contributed by atoms with van der Waals surface area (Å²) in [6, 6.07) is 1.62. The molecule has 0 saturated carbocycles. The summed E-state index contributed by atoms with van der Waals surface area (Å²) in [6.45, 7) is 1.02. The Balaban J connectivity index is 1.95. The zero-order valence-electron chi connectivity index (χ0n) is 9.39. The number of hydrogen-bond donors (Lipinski definition) is 1. The number of aliphatic carboxylic acids is 1. The lowest BCUT2D eigenvalue weighted by atomic mass is 9.96. The summed E-state index contributed by atoms with van der Waals surface area (Å²) in [5, 5.41) is 9.14. The molecule has 92 valence electrons. The molecule has 1 amide bonds. The van der Waals surface area contributed by atoms with Crippen molar-refractivity contribution in [1.29, 1.82) is 0 Å². The molecule has 0 aliphatic carbocycles. The Bertz CT molecular complexity index is 463. The first-order chi connectivity index (χ1) is 7.97. The molecule has 6 heteroatoms. The highest BCUT2D eigenvalue weighted by Crippen LogP contribution is 2.23. The Morgan fingerprint density at radius 3 is 2.65 bits per heavy atom. The zero-order valence-corrected chi connectivity index (χ0v) is 10.1. The molecule has 1 aliphatic heterocycles. The lowest BCUT2D eigenvalue weighted by Crippen LogP contribution is -2.50. The molecule has 0 bridgehead atoms. The van der Waals surface area contributed by atoms with Crippen molar-refractivity contribution in [1.82, 2.24) is 9.47 Å². The standard InChI is InChI=1S/C11H13ClN2O3/c1-13-6-8(12)3-9(13)11(17)14-4-7(5-14)2-10(15)16/h3,6-7H,2,4-5H2,1H3,(H,15,16). The number of amides is 1. The van der Waals surface area contributed by atoms with Gasteiger partial charge in [0.2, 0.25) is 0 Å². The molecule has 1 saturated heterocycles. The molecule has 0 radical (unpaired) electrons. The summed E-state index contributed by atoms with van der Waals surface area (Å²) in [5.41, 5.74) is 0.531. The smallest absolute Gasteiger partial charge is 0.303 e. The van der Waals surface area contributed by atoms with Crippen molar-refractivity contribution in [3.8, 4) is 0 Å². The number of carbonyl (C=O) groups excluding carboxylic acids is 1. The molecule has 1 fully saturated rings. The molecule has 0 atom stereocenters. The summed E-state index contributed by atoms with van der Waals surface area (Å²) in [7, 11) is 1.76. The average molecular weight is 257 g/mol. The number of carboxylic acids is 1. The fourth-order valence-corrected chi connectivity index (χ4v) is 2.26. The number of likely N-dealkylation sites (tertiary alicyclic amines) is 1. The van der Waals surface area contributed by atoms with Gasteiger partial charge in [0.15, 0.2) is 0 Å². The summed E-state index contributed by atoms with van der Waals surface area (Å²) in [6.07, 6.45) is 1.79. The minimum Gasteiger partial charge on any atom is -0.481 e. The second-order valence-corrected chi connectivity index (χ2v) is 4.76. The number of aryl methyl sites for hydroxylation is 1. The van der Waals surface area contributed by atoms with Crippen LogP contribution in [-0.2, 0) is 11.8 Å². The molecule has 0 unspecified atom stereocenters. The highest BCUT2D eigenvalue weighted by Gasteiger charge is 2.33. The number of nitrogens with zero attached hydrogens (tertiary/aromatic N) is 2. The van der Waals surface area contributed by atoms with E-state index in [1.54, 1.807) is 28.8 Å². The van der Waals surface area contributed by atoms with E-state index in [-0.39, 0.29) is 18.2 Å². The van der Waals surface area contributed by atoms with E-state index in [0.717, 1.165) is 0 Å². The van der Waals surface area contributed by atoms with Crippen LogP contribution < -0.4 is 0 Å². The number of halogens is 1. The van der Waals surface area contributed by atoms with E-state index in [9.17, 15) is 9.59 Å². The molecule has 0 spiro atoms. The van der Waals surface area contributed by atoms with Crippen LogP contribution in [0.3, 0.4) is 0 Å². The first-order valence-corrected chi connectivity index (χ1v) is 5.68. The van der Waals surface area contributed by atoms with Gasteiger partial charge in [0.1, 0.15) is 5.69 Å². The SMILES string of the molecule is Cn1cc(Cl)cc1C(=O)N1CC(CC(=O)O)C1. The third-order valence-corrected chi connectivity index (χ3v) is 3.11. The Hall–Kier alpha value is -1.49. The van der Waals surface area contributed by atoms with Crippen LogP contribution in [-0.4, -0.2) is 39.5 Å². The first-order valence-electron chi connectivity index (χ1n) is 5.30. The number of hydrogen-bond acceptors (Lipinski definition) is 2. The topological polar surface area (TPSA) is 62.5 Å². The second kappa shape index (κ2) is 4.41. The normalized spacial score (nSPS) is 15.8. The molecular weight excluding hydrogens is 244 g/mol. The predicted octanol–water partition coefficient (Wildman–Crippen LogP) is 1.23. The largest absolute Gasteiger partial charge is 0.481 e. The van der Waals surface area contributed by atoms with E-state index < -0.39 is 5.97 Å². The van der Waals surface area contributed by atoms with Crippen LogP contribution in [0.15, 0.2) is 12.3 Å². The Morgan fingerprint density at radius 1 is 1.53 bits per heavy atom. The van der Waals surface area contributed by atoms with Gasteiger partial charge in [0.05, 0.1) is 11.4 Å². The van der Waals surface area contributed by atoms with Crippen LogP contribution in [0.2, 0.25) is 5.02 Å². The van der Waals surface area contributed by atoms with Gasteiger partial charge >= 0.3 is 5.97 Å². The lowest BCUT2D eigenvalue weighted by molar-refractivity contribution is -0.139. The highest BCUT2D eigenvalue weighted by atomic mass is 35.5. The van der Waals surface area contributed by atoms with Crippen LogP contribution in [0.5, 0.6) is 0 Å². The van der Waals surface area contributed by atoms with Gasteiger partial charge in [-0.05, 0) is 6.07 Å². The quantitative estimate of drug-likeness (QED) is 0.885. The van der Waals surface area contributed by atoms with E-state index in [2.05, 4.69) is 0 Å². The molecule has 0 aromatic carbocycles. The summed E-state index contributed by atoms with van der Waals surface area (Å²) >= 11 is 5.80. The van der Waals surface area contributed by atoms with Crippen molar-refractivity contribution in [2.45, 2.75) is 6.42 Å². The highest BCUT2D eigenvalue weighted by molar-refractivity contribution is 6.31. The minimum absolute atomic E-state index is 0.0761. The van der Waals surface area contributed by atoms with Gasteiger partial charge in [-0.25, -0.2) is 0 Å². The Labute approximate surface area is 104 Å². The molecule has 17 heavy (non-hydrogen) atoms. The number of rotatable bonds is 3. The van der Waals surface area contributed by atoms with E-state index in [1.807, 2.05) is 0 Å². The fraction of sp³-hybridized carbons (Fsp3) is 0.455. The van der Waals surface area contributed by atoms with Gasteiger partial charge in [-0.15, -0.1) is 0 Å². The van der Waals surface area contributed by atoms with Crippen LogP contribution in [0, 0.1) is 5.92 Å². The van der Waals surface area contributed by atoms with Crippen molar-refractivity contribution in [2.24, 2.45) is 13.0 Å². The maximum atomic E-state index is 12.0. The van der Waals surface area contributed by atoms with E-state index in [4.69, 9.17) is 16.7 Å². The zero-order chi connectivity index (χ0) is 12.6. The molecule has 1 aromatic heterocycles.